The van der Waals surface area contributed by atoms with Crippen LogP contribution in [0, 0.1) is 0 Å². The molecule has 3 nitrogen and oxygen atoms in total. The van der Waals surface area contributed by atoms with Crippen molar-refractivity contribution in [2.24, 2.45) is 0 Å². The van der Waals surface area contributed by atoms with E-state index in [9.17, 15) is 0 Å². The van der Waals surface area contributed by atoms with Crippen molar-refractivity contribution in [2.75, 3.05) is 7.11 Å². The van der Waals surface area contributed by atoms with Gasteiger partial charge in [0.1, 0.15) is 11.4 Å². The molecule has 0 amide bonds. The molecule has 3 aromatic heterocycles. The third kappa shape index (κ3) is 1.47. The summed E-state index contributed by atoms with van der Waals surface area (Å²) in [5, 5.41) is 2.06. The third-order valence-electron chi connectivity index (χ3n) is 2.43. The summed E-state index contributed by atoms with van der Waals surface area (Å²) in [4.78, 5) is 5.73. The number of pyridine rings is 1. The molecule has 0 spiro atoms. The number of thiophene rings is 1. The number of ether oxygens (including phenoxy) is 1. The van der Waals surface area contributed by atoms with Crippen molar-refractivity contribution in [3.63, 3.8) is 0 Å². The Morgan fingerprint density at radius 2 is 2.19 bits per heavy atom. The SMILES string of the molecule is COc1ccc2nc(-c3cccs3)cn2c1. The maximum absolute atomic E-state index is 5.18. The van der Waals surface area contributed by atoms with Crippen LogP contribution in [0.15, 0.2) is 42.0 Å². The average molecular weight is 230 g/mol. The van der Waals surface area contributed by atoms with Crippen LogP contribution in [0.3, 0.4) is 0 Å². The van der Waals surface area contributed by atoms with Crippen molar-refractivity contribution in [3.05, 3.63) is 42.0 Å². The topological polar surface area (TPSA) is 26.5 Å². The van der Waals surface area contributed by atoms with E-state index >= 15 is 0 Å². The molecule has 0 fully saturated rings. The molecule has 3 rings (SSSR count). The van der Waals surface area contributed by atoms with Crippen LogP contribution in [0.1, 0.15) is 0 Å². The fourth-order valence-corrected chi connectivity index (χ4v) is 2.32. The molecule has 3 heterocycles. The number of rotatable bonds is 2. The van der Waals surface area contributed by atoms with E-state index in [2.05, 4.69) is 16.4 Å². The van der Waals surface area contributed by atoms with Gasteiger partial charge in [-0.2, -0.15) is 0 Å². The van der Waals surface area contributed by atoms with E-state index in [4.69, 9.17) is 4.74 Å². The molecule has 0 saturated heterocycles. The van der Waals surface area contributed by atoms with Crippen LogP contribution < -0.4 is 4.74 Å². The Morgan fingerprint density at radius 3 is 2.94 bits per heavy atom. The lowest BCUT2D eigenvalue weighted by atomic mass is 10.4. The van der Waals surface area contributed by atoms with Gasteiger partial charge in [0.15, 0.2) is 0 Å². The highest BCUT2D eigenvalue weighted by molar-refractivity contribution is 7.13. The summed E-state index contributed by atoms with van der Waals surface area (Å²) in [6.45, 7) is 0. The average Bonchev–Trinajstić information content (AvgIpc) is 2.96. The van der Waals surface area contributed by atoms with Gasteiger partial charge in [0.05, 0.1) is 23.9 Å². The fourth-order valence-electron chi connectivity index (χ4n) is 1.64. The monoisotopic (exact) mass is 230 g/mol. The van der Waals surface area contributed by atoms with E-state index < -0.39 is 0 Å². The second-order valence-corrected chi connectivity index (χ2v) is 4.39. The minimum atomic E-state index is 0.836. The van der Waals surface area contributed by atoms with Crippen LogP contribution in [0.25, 0.3) is 16.2 Å². The minimum absolute atomic E-state index is 0.836. The number of nitrogens with zero attached hydrogens (tertiary/aromatic N) is 2. The zero-order valence-corrected chi connectivity index (χ0v) is 9.57. The first kappa shape index (κ1) is 9.42. The zero-order chi connectivity index (χ0) is 11.0. The maximum atomic E-state index is 5.18. The van der Waals surface area contributed by atoms with Gasteiger partial charge in [-0.15, -0.1) is 11.3 Å². The smallest absolute Gasteiger partial charge is 0.137 e. The van der Waals surface area contributed by atoms with E-state index in [-0.39, 0.29) is 0 Å². The Bertz CT molecular complexity index is 613. The summed E-state index contributed by atoms with van der Waals surface area (Å²) in [6, 6.07) is 7.98. The van der Waals surface area contributed by atoms with Gasteiger partial charge >= 0.3 is 0 Å². The Morgan fingerprint density at radius 1 is 1.25 bits per heavy atom. The van der Waals surface area contributed by atoms with Crippen LogP contribution in [-0.2, 0) is 0 Å². The molecule has 3 aromatic rings. The van der Waals surface area contributed by atoms with Crippen LogP contribution in [0.4, 0.5) is 0 Å². The molecule has 0 bridgehead atoms. The molecule has 0 aromatic carbocycles. The Labute approximate surface area is 96.9 Å². The number of hydrogen-bond acceptors (Lipinski definition) is 3. The van der Waals surface area contributed by atoms with Crippen LogP contribution >= 0.6 is 11.3 Å². The molecule has 0 N–H and O–H groups in total. The normalized spacial score (nSPS) is 10.8. The molecule has 0 radical (unpaired) electrons. The van der Waals surface area contributed by atoms with Crippen molar-refractivity contribution in [1.82, 2.24) is 9.38 Å². The summed E-state index contributed by atoms with van der Waals surface area (Å²) in [5.41, 5.74) is 1.94. The van der Waals surface area contributed by atoms with Crippen molar-refractivity contribution >= 4 is 17.0 Å². The number of aromatic nitrogens is 2. The van der Waals surface area contributed by atoms with Crippen molar-refractivity contribution in [1.29, 1.82) is 0 Å². The Balaban J connectivity index is 2.16. The lowest BCUT2D eigenvalue weighted by molar-refractivity contribution is 0.412. The van der Waals surface area contributed by atoms with Crippen molar-refractivity contribution in [2.45, 2.75) is 0 Å². The molecule has 0 atom stereocenters. The number of hydrogen-bond donors (Lipinski definition) is 0. The van der Waals surface area contributed by atoms with Gasteiger partial charge in [-0.3, -0.25) is 0 Å². The quantitative estimate of drug-likeness (QED) is 0.676. The molecular formula is C12H10N2OS. The summed E-state index contributed by atoms with van der Waals surface area (Å²) in [7, 11) is 1.66. The first-order valence-electron chi connectivity index (χ1n) is 4.93. The molecule has 80 valence electrons. The fraction of sp³-hybridized carbons (Fsp3) is 0.0833. The van der Waals surface area contributed by atoms with Gasteiger partial charge in [-0.25, -0.2) is 4.98 Å². The van der Waals surface area contributed by atoms with Crippen LogP contribution in [0.2, 0.25) is 0 Å². The van der Waals surface area contributed by atoms with Gasteiger partial charge in [0, 0.05) is 6.20 Å². The standard InChI is InChI=1S/C12H10N2OS/c1-15-9-4-5-12-13-10(8-14(12)7-9)11-3-2-6-16-11/h2-8H,1H3. The van der Waals surface area contributed by atoms with Crippen LogP contribution in [-0.4, -0.2) is 16.5 Å². The second kappa shape index (κ2) is 3.64. The predicted octanol–water partition coefficient (Wildman–Crippen LogP) is 3.07. The third-order valence-corrected chi connectivity index (χ3v) is 3.33. The van der Waals surface area contributed by atoms with E-state index in [0.717, 1.165) is 17.1 Å². The van der Waals surface area contributed by atoms with Crippen LogP contribution in [0.5, 0.6) is 5.75 Å². The van der Waals surface area contributed by atoms with Crippen molar-refractivity contribution in [3.8, 4) is 16.3 Å². The Kier molecular flexibility index (Phi) is 2.15. The summed E-state index contributed by atoms with van der Waals surface area (Å²) in [6.07, 6.45) is 3.95. The molecule has 0 aliphatic rings. The molecule has 0 unspecified atom stereocenters. The van der Waals surface area contributed by atoms with E-state index in [1.807, 2.05) is 35.0 Å². The zero-order valence-electron chi connectivity index (χ0n) is 8.75. The van der Waals surface area contributed by atoms with Gasteiger partial charge in [0.25, 0.3) is 0 Å². The van der Waals surface area contributed by atoms with Gasteiger partial charge in [0.2, 0.25) is 0 Å². The molecule has 16 heavy (non-hydrogen) atoms. The highest BCUT2D eigenvalue weighted by atomic mass is 32.1. The second-order valence-electron chi connectivity index (χ2n) is 3.44. The van der Waals surface area contributed by atoms with E-state index in [0.29, 0.717) is 0 Å². The highest BCUT2D eigenvalue weighted by Crippen LogP contribution is 2.24. The van der Waals surface area contributed by atoms with Crippen molar-refractivity contribution < 1.29 is 4.74 Å². The number of methoxy groups -OCH3 is 1. The minimum Gasteiger partial charge on any atom is -0.495 e. The maximum Gasteiger partial charge on any atom is 0.137 e. The lowest BCUT2D eigenvalue weighted by Gasteiger charge is -1.98. The first-order valence-corrected chi connectivity index (χ1v) is 5.81. The largest absolute Gasteiger partial charge is 0.495 e. The van der Waals surface area contributed by atoms with Gasteiger partial charge < -0.3 is 9.14 Å². The highest BCUT2D eigenvalue weighted by Gasteiger charge is 2.05. The van der Waals surface area contributed by atoms with E-state index in [1.54, 1.807) is 18.4 Å². The number of imidazole rings is 1. The van der Waals surface area contributed by atoms with E-state index in [1.165, 1.54) is 4.88 Å². The van der Waals surface area contributed by atoms with Gasteiger partial charge in [-0.1, -0.05) is 6.07 Å². The Hall–Kier alpha value is -1.81. The molecule has 0 aliphatic heterocycles. The summed E-state index contributed by atoms with van der Waals surface area (Å²) < 4.78 is 7.16. The van der Waals surface area contributed by atoms with Gasteiger partial charge in [-0.05, 0) is 23.6 Å². The first-order chi connectivity index (χ1) is 7.86. The molecule has 4 heteroatoms. The predicted molar refractivity (Wildman–Crippen MR) is 65.1 cm³/mol. The lowest BCUT2D eigenvalue weighted by Crippen LogP contribution is -1.86. The molecular weight excluding hydrogens is 220 g/mol. The number of fused-ring (bicyclic) bond motifs is 1. The molecule has 0 aliphatic carbocycles. The summed E-state index contributed by atoms with van der Waals surface area (Å²) >= 11 is 1.69. The summed E-state index contributed by atoms with van der Waals surface area (Å²) in [5.74, 6) is 0.836. The molecule has 0 saturated carbocycles.